The first kappa shape index (κ1) is 8.37. The Kier molecular flexibility index (Phi) is 3.52. The van der Waals surface area contributed by atoms with E-state index < -0.39 is 0 Å². The molecule has 0 radical (unpaired) electrons. The smallest absolute Gasteiger partial charge is 0.0243 e. The molecule has 3 heteroatoms. The lowest BCUT2D eigenvalue weighted by Gasteiger charge is -2.30. The van der Waals surface area contributed by atoms with Crippen LogP contribution in [-0.4, -0.2) is 36.7 Å². The van der Waals surface area contributed by atoms with E-state index in [1.54, 1.807) is 0 Å². The fourth-order valence-electron chi connectivity index (χ4n) is 1.34. The van der Waals surface area contributed by atoms with Crippen molar-refractivity contribution >= 4 is 11.9 Å². The Morgan fingerprint density at radius 2 is 2.40 bits per heavy atom. The van der Waals surface area contributed by atoms with Gasteiger partial charge < -0.3 is 5.32 Å². The zero-order chi connectivity index (χ0) is 7.40. The van der Waals surface area contributed by atoms with Gasteiger partial charge in [-0.2, -0.15) is 0 Å². The molecule has 60 valence electrons. The molecule has 1 N–H and O–H groups in total. The molecule has 0 spiro atoms. The second-order valence-corrected chi connectivity index (χ2v) is 3.58. The first-order valence-electron chi connectivity index (χ1n) is 3.83. The van der Waals surface area contributed by atoms with Gasteiger partial charge in [-0.05, 0) is 26.1 Å². The highest BCUT2D eigenvalue weighted by Gasteiger charge is 2.16. The third-order valence-corrected chi connectivity index (χ3v) is 2.90. The molecule has 1 aliphatic rings. The van der Waals surface area contributed by atoms with Crippen molar-refractivity contribution in [2.75, 3.05) is 26.4 Å². The first-order valence-corrected chi connectivity index (χ1v) is 5.01. The zero-order valence-corrected chi connectivity index (χ0v) is 7.58. The van der Waals surface area contributed by atoms with Gasteiger partial charge in [0.15, 0.2) is 0 Å². The standard InChI is InChI=1S/C7H16N2S/c1-8-7-4-3-5-9(6-7)10-2/h7-8H,3-6H2,1-2H3. The summed E-state index contributed by atoms with van der Waals surface area (Å²) in [4.78, 5) is 0. The summed E-state index contributed by atoms with van der Waals surface area (Å²) in [5, 5.41) is 3.31. The van der Waals surface area contributed by atoms with Gasteiger partial charge in [-0.3, -0.25) is 0 Å². The van der Waals surface area contributed by atoms with E-state index in [9.17, 15) is 0 Å². The fourth-order valence-corrected chi connectivity index (χ4v) is 1.98. The second-order valence-electron chi connectivity index (χ2n) is 2.70. The molecule has 0 saturated carbocycles. The van der Waals surface area contributed by atoms with E-state index in [0.717, 1.165) is 6.04 Å². The topological polar surface area (TPSA) is 15.3 Å². The van der Waals surface area contributed by atoms with E-state index >= 15 is 0 Å². The maximum absolute atomic E-state index is 3.31. The van der Waals surface area contributed by atoms with Crippen LogP contribution in [0.5, 0.6) is 0 Å². The quantitative estimate of drug-likeness (QED) is 0.605. The van der Waals surface area contributed by atoms with Crippen LogP contribution in [0.3, 0.4) is 0 Å². The van der Waals surface area contributed by atoms with E-state index in [4.69, 9.17) is 0 Å². The maximum Gasteiger partial charge on any atom is 0.0243 e. The molecule has 1 fully saturated rings. The Hall–Kier alpha value is 0.270. The van der Waals surface area contributed by atoms with E-state index in [0.29, 0.717) is 0 Å². The number of nitrogens with one attached hydrogen (secondary N) is 1. The Bertz CT molecular complexity index is 87.6. The van der Waals surface area contributed by atoms with Crippen LogP contribution in [0.2, 0.25) is 0 Å². The average molecular weight is 160 g/mol. The number of nitrogens with zero attached hydrogens (tertiary/aromatic N) is 1. The molecule has 1 aliphatic heterocycles. The Morgan fingerprint density at radius 3 is 3.00 bits per heavy atom. The van der Waals surface area contributed by atoms with Gasteiger partial charge in [-0.1, -0.05) is 11.9 Å². The van der Waals surface area contributed by atoms with E-state index in [-0.39, 0.29) is 0 Å². The molecule has 0 aromatic rings. The van der Waals surface area contributed by atoms with Crippen LogP contribution < -0.4 is 5.32 Å². The predicted molar refractivity (Wildman–Crippen MR) is 47.2 cm³/mol. The average Bonchev–Trinajstić information content (AvgIpc) is 2.05. The van der Waals surface area contributed by atoms with Gasteiger partial charge in [0.05, 0.1) is 0 Å². The van der Waals surface area contributed by atoms with Crippen LogP contribution in [0.1, 0.15) is 12.8 Å². The van der Waals surface area contributed by atoms with Gasteiger partial charge in [-0.15, -0.1) is 0 Å². The molecule has 1 rings (SSSR count). The van der Waals surface area contributed by atoms with E-state index in [1.165, 1.54) is 25.9 Å². The van der Waals surface area contributed by atoms with Crippen molar-refractivity contribution in [1.82, 2.24) is 9.62 Å². The lowest BCUT2D eigenvalue weighted by Crippen LogP contribution is -2.41. The predicted octanol–water partition coefficient (Wildman–Crippen LogP) is 0.948. The molecule has 0 amide bonds. The minimum Gasteiger partial charge on any atom is -0.316 e. The van der Waals surface area contributed by atoms with Gasteiger partial charge in [0.2, 0.25) is 0 Å². The molecule has 10 heavy (non-hydrogen) atoms. The molecular formula is C7H16N2S. The van der Waals surface area contributed by atoms with Crippen molar-refractivity contribution in [2.45, 2.75) is 18.9 Å². The summed E-state index contributed by atoms with van der Waals surface area (Å²) in [7, 11) is 2.05. The summed E-state index contributed by atoms with van der Waals surface area (Å²) in [5.74, 6) is 0. The summed E-state index contributed by atoms with van der Waals surface area (Å²) < 4.78 is 2.42. The summed E-state index contributed by atoms with van der Waals surface area (Å²) in [6, 6.07) is 0.723. The number of hydrogen-bond donors (Lipinski definition) is 1. The Morgan fingerprint density at radius 1 is 1.60 bits per heavy atom. The number of piperidine rings is 1. The zero-order valence-electron chi connectivity index (χ0n) is 6.76. The molecular weight excluding hydrogens is 144 g/mol. The van der Waals surface area contributed by atoms with Gasteiger partial charge in [0, 0.05) is 19.1 Å². The summed E-state index contributed by atoms with van der Waals surface area (Å²) in [5.41, 5.74) is 0. The SMILES string of the molecule is CNC1CCCN(SC)C1. The fraction of sp³-hybridized carbons (Fsp3) is 1.00. The number of likely N-dealkylation sites (N-methyl/N-ethyl adjacent to an activating group) is 1. The Balaban J connectivity index is 2.25. The third kappa shape index (κ3) is 2.15. The molecule has 0 aliphatic carbocycles. The van der Waals surface area contributed by atoms with Crippen molar-refractivity contribution in [2.24, 2.45) is 0 Å². The molecule has 2 nitrogen and oxygen atoms in total. The Labute approximate surface area is 67.5 Å². The van der Waals surface area contributed by atoms with Gasteiger partial charge in [0.25, 0.3) is 0 Å². The van der Waals surface area contributed by atoms with E-state index in [1.807, 2.05) is 11.9 Å². The van der Waals surface area contributed by atoms with Crippen molar-refractivity contribution in [1.29, 1.82) is 0 Å². The van der Waals surface area contributed by atoms with E-state index in [2.05, 4.69) is 22.9 Å². The van der Waals surface area contributed by atoms with Gasteiger partial charge in [-0.25, -0.2) is 4.31 Å². The molecule has 1 unspecified atom stereocenters. The van der Waals surface area contributed by atoms with Gasteiger partial charge in [0.1, 0.15) is 0 Å². The van der Waals surface area contributed by atoms with Crippen molar-refractivity contribution < 1.29 is 0 Å². The minimum absolute atomic E-state index is 0.723. The number of rotatable bonds is 2. The second kappa shape index (κ2) is 4.21. The van der Waals surface area contributed by atoms with Crippen LogP contribution >= 0.6 is 11.9 Å². The van der Waals surface area contributed by atoms with Crippen molar-refractivity contribution in [3.63, 3.8) is 0 Å². The first-order chi connectivity index (χ1) is 4.86. The highest BCUT2D eigenvalue weighted by atomic mass is 32.2. The molecule has 1 saturated heterocycles. The molecule has 0 aromatic carbocycles. The van der Waals surface area contributed by atoms with Crippen molar-refractivity contribution in [3.05, 3.63) is 0 Å². The van der Waals surface area contributed by atoms with Crippen molar-refractivity contribution in [3.8, 4) is 0 Å². The van der Waals surface area contributed by atoms with Crippen LogP contribution in [0.4, 0.5) is 0 Å². The van der Waals surface area contributed by atoms with Crippen LogP contribution in [-0.2, 0) is 0 Å². The molecule has 1 heterocycles. The summed E-state index contributed by atoms with van der Waals surface area (Å²) in [6.45, 7) is 2.47. The normalized spacial score (nSPS) is 28.8. The molecule has 0 aromatic heterocycles. The minimum atomic E-state index is 0.723. The molecule has 0 bridgehead atoms. The lowest BCUT2D eigenvalue weighted by molar-refractivity contribution is 0.315. The van der Waals surface area contributed by atoms with Gasteiger partial charge >= 0.3 is 0 Å². The maximum atomic E-state index is 3.31. The summed E-state index contributed by atoms with van der Waals surface area (Å²) in [6.07, 6.45) is 4.83. The van der Waals surface area contributed by atoms with Crippen LogP contribution in [0.25, 0.3) is 0 Å². The van der Waals surface area contributed by atoms with Crippen LogP contribution in [0, 0.1) is 0 Å². The monoisotopic (exact) mass is 160 g/mol. The highest BCUT2D eigenvalue weighted by molar-refractivity contribution is 7.96. The highest BCUT2D eigenvalue weighted by Crippen LogP contribution is 2.15. The molecule has 1 atom stereocenters. The number of hydrogen-bond acceptors (Lipinski definition) is 3. The third-order valence-electron chi connectivity index (χ3n) is 2.05. The summed E-state index contributed by atoms with van der Waals surface area (Å²) >= 11 is 1.86. The van der Waals surface area contributed by atoms with Crippen LogP contribution in [0.15, 0.2) is 0 Å². The largest absolute Gasteiger partial charge is 0.316 e. The lowest BCUT2D eigenvalue weighted by atomic mass is 10.1.